The molecule has 1 fully saturated rings. The van der Waals surface area contributed by atoms with Crippen molar-refractivity contribution in [1.82, 2.24) is 9.55 Å². The maximum atomic E-state index is 4.28. The molecule has 1 unspecified atom stereocenters. The SMILES string of the molecule is CCC(CC1CC1)Nc1nccn1C. The summed E-state index contributed by atoms with van der Waals surface area (Å²) in [6.07, 6.45) is 9.17. The van der Waals surface area contributed by atoms with Crippen molar-refractivity contribution in [2.24, 2.45) is 13.0 Å². The van der Waals surface area contributed by atoms with Gasteiger partial charge in [0.05, 0.1) is 0 Å². The number of nitrogens with one attached hydrogen (secondary N) is 1. The van der Waals surface area contributed by atoms with E-state index in [1.807, 2.05) is 24.0 Å². The van der Waals surface area contributed by atoms with Crippen LogP contribution in [0.4, 0.5) is 5.95 Å². The third-order valence-corrected chi connectivity index (χ3v) is 2.96. The number of nitrogens with zero attached hydrogens (tertiary/aromatic N) is 2. The largest absolute Gasteiger partial charge is 0.353 e. The Morgan fingerprint density at radius 2 is 2.43 bits per heavy atom. The van der Waals surface area contributed by atoms with Crippen molar-refractivity contribution < 1.29 is 0 Å². The van der Waals surface area contributed by atoms with Crippen LogP contribution in [0.1, 0.15) is 32.6 Å². The van der Waals surface area contributed by atoms with Crippen LogP contribution in [0.2, 0.25) is 0 Å². The van der Waals surface area contributed by atoms with Crippen LogP contribution in [-0.4, -0.2) is 15.6 Å². The summed E-state index contributed by atoms with van der Waals surface area (Å²) in [7, 11) is 2.03. The van der Waals surface area contributed by atoms with E-state index in [0.717, 1.165) is 11.9 Å². The second-order valence-electron chi connectivity index (χ2n) is 4.29. The molecule has 0 spiro atoms. The fourth-order valence-electron chi connectivity index (χ4n) is 1.77. The summed E-state index contributed by atoms with van der Waals surface area (Å²) in [5.41, 5.74) is 0. The molecule has 3 heteroatoms. The van der Waals surface area contributed by atoms with E-state index in [1.165, 1.54) is 25.7 Å². The zero-order valence-corrected chi connectivity index (χ0v) is 9.03. The van der Waals surface area contributed by atoms with Crippen LogP contribution < -0.4 is 5.32 Å². The van der Waals surface area contributed by atoms with Crippen LogP contribution in [0.15, 0.2) is 12.4 Å². The van der Waals surface area contributed by atoms with Gasteiger partial charge in [-0.3, -0.25) is 0 Å². The molecule has 0 saturated heterocycles. The molecule has 2 rings (SSSR count). The molecule has 0 bridgehead atoms. The highest BCUT2D eigenvalue weighted by Crippen LogP contribution is 2.34. The number of hydrogen-bond acceptors (Lipinski definition) is 2. The first-order valence-electron chi connectivity index (χ1n) is 5.53. The van der Waals surface area contributed by atoms with Gasteiger partial charge in [-0.05, 0) is 18.8 Å². The van der Waals surface area contributed by atoms with E-state index in [-0.39, 0.29) is 0 Å². The molecule has 0 amide bonds. The molecule has 1 N–H and O–H groups in total. The van der Waals surface area contributed by atoms with Crippen LogP contribution >= 0.6 is 0 Å². The highest BCUT2D eigenvalue weighted by Gasteiger charge is 2.24. The predicted molar refractivity (Wildman–Crippen MR) is 58.3 cm³/mol. The van der Waals surface area contributed by atoms with Gasteiger partial charge in [-0.2, -0.15) is 0 Å². The van der Waals surface area contributed by atoms with Gasteiger partial charge >= 0.3 is 0 Å². The van der Waals surface area contributed by atoms with E-state index in [0.29, 0.717) is 6.04 Å². The lowest BCUT2D eigenvalue weighted by Gasteiger charge is -2.17. The van der Waals surface area contributed by atoms with E-state index < -0.39 is 0 Å². The lowest BCUT2D eigenvalue weighted by Crippen LogP contribution is -2.21. The number of aromatic nitrogens is 2. The third kappa shape index (κ3) is 2.28. The molecule has 0 radical (unpaired) electrons. The van der Waals surface area contributed by atoms with Gasteiger partial charge < -0.3 is 9.88 Å². The third-order valence-electron chi connectivity index (χ3n) is 2.96. The summed E-state index contributed by atoms with van der Waals surface area (Å²) in [5, 5.41) is 3.50. The quantitative estimate of drug-likeness (QED) is 0.778. The van der Waals surface area contributed by atoms with Gasteiger partial charge in [0.15, 0.2) is 0 Å². The van der Waals surface area contributed by atoms with Crippen molar-refractivity contribution in [2.45, 2.75) is 38.6 Å². The number of imidazole rings is 1. The fraction of sp³-hybridized carbons (Fsp3) is 0.727. The van der Waals surface area contributed by atoms with Crippen LogP contribution in [0.5, 0.6) is 0 Å². The summed E-state index contributed by atoms with van der Waals surface area (Å²) >= 11 is 0. The Balaban J connectivity index is 1.89. The van der Waals surface area contributed by atoms with Gasteiger partial charge in [0, 0.05) is 25.5 Å². The Morgan fingerprint density at radius 1 is 1.64 bits per heavy atom. The van der Waals surface area contributed by atoms with Crippen LogP contribution in [-0.2, 0) is 7.05 Å². The van der Waals surface area contributed by atoms with Crippen molar-refractivity contribution >= 4 is 5.95 Å². The van der Waals surface area contributed by atoms with Gasteiger partial charge in [-0.25, -0.2) is 4.98 Å². The molecule has 1 aliphatic rings. The molecule has 1 heterocycles. The lowest BCUT2D eigenvalue weighted by atomic mass is 10.1. The van der Waals surface area contributed by atoms with Crippen molar-refractivity contribution in [3.05, 3.63) is 12.4 Å². The zero-order valence-electron chi connectivity index (χ0n) is 9.03. The molecular weight excluding hydrogens is 174 g/mol. The zero-order chi connectivity index (χ0) is 9.97. The molecule has 0 aromatic carbocycles. The minimum absolute atomic E-state index is 0.601. The molecule has 1 aliphatic carbocycles. The molecule has 1 atom stereocenters. The first kappa shape index (κ1) is 9.56. The average Bonchev–Trinajstić information content (AvgIpc) is 2.90. The van der Waals surface area contributed by atoms with Crippen LogP contribution in [0, 0.1) is 5.92 Å². The topological polar surface area (TPSA) is 29.9 Å². The number of anilines is 1. The van der Waals surface area contributed by atoms with E-state index in [1.54, 1.807) is 0 Å². The van der Waals surface area contributed by atoms with E-state index in [9.17, 15) is 0 Å². The highest BCUT2D eigenvalue weighted by molar-refractivity contribution is 5.27. The van der Waals surface area contributed by atoms with Gasteiger partial charge in [0.25, 0.3) is 0 Å². The second kappa shape index (κ2) is 4.03. The first-order valence-corrected chi connectivity index (χ1v) is 5.53. The molecule has 1 saturated carbocycles. The highest BCUT2D eigenvalue weighted by atomic mass is 15.2. The normalized spacial score (nSPS) is 18.1. The predicted octanol–water partition coefficient (Wildman–Crippen LogP) is 2.41. The Kier molecular flexibility index (Phi) is 2.75. The second-order valence-corrected chi connectivity index (χ2v) is 4.29. The molecule has 1 aromatic rings. The molecule has 78 valence electrons. The molecule has 14 heavy (non-hydrogen) atoms. The van der Waals surface area contributed by atoms with Crippen molar-refractivity contribution in [1.29, 1.82) is 0 Å². The van der Waals surface area contributed by atoms with E-state index in [4.69, 9.17) is 0 Å². The van der Waals surface area contributed by atoms with Crippen LogP contribution in [0.25, 0.3) is 0 Å². The summed E-state index contributed by atoms with van der Waals surface area (Å²) in [6, 6.07) is 0.601. The number of rotatable bonds is 5. The summed E-state index contributed by atoms with van der Waals surface area (Å²) in [5.74, 6) is 1.98. The Labute approximate surface area is 85.5 Å². The Bertz CT molecular complexity index is 288. The molecular formula is C11H19N3. The summed E-state index contributed by atoms with van der Waals surface area (Å²) in [4.78, 5) is 4.28. The van der Waals surface area contributed by atoms with Gasteiger partial charge in [-0.15, -0.1) is 0 Å². The summed E-state index contributed by atoms with van der Waals surface area (Å²) < 4.78 is 2.04. The number of aryl methyl sites for hydroxylation is 1. The maximum absolute atomic E-state index is 4.28. The van der Waals surface area contributed by atoms with E-state index >= 15 is 0 Å². The summed E-state index contributed by atoms with van der Waals surface area (Å²) in [6.45, 7) is 2.24. The minimum atomic E-state index is 0.601. The van der Waals surface area contributed by atoms with E-state index in [2.05, 4.69) is 17.2 Å². The molecule has 0 aliphatic heterocycles. The molecule has 3 nitrogen and oxygen atoms in total. The lowest BCUT2D eigenvalue weighted by molar-refractivity contribution is 0.580. The Morgan fingerprint density at radius 3 is 2.93 bits per heavy atom. The monoisotopic (exact) mass is 193 g/mol. The minimum Gasteiger partial charge on any atom is -0.353 e. The smallest absolute Gasteiger partial charge is 0.202 e. The van der Waals surface area contributed by atoms with Crippen molar-refractivity contribution in [3.8, 4) is 0 Å². The van der Waals surface area contributed by atoms with Gasteiger partial charge in [0.1, 0.15) is 0 Å². The van der Waals surface area contributed by atoms with Gasteiger partial charge in [0.2, 0.25) is 5.95 Å². The first-order chi connectivity index (χ1) is 6.79. The van der Waals surface area contributed by atoms with Crippen molar-refractivity contribution in [3.63, 3.8) is 0 Å². The maximum Gasteiger partial charge on any atom is 0.202 e. The average molecular weight is 193 g/mol. The fourth-order valence-corrected chi connectivity index (χ4v) is 1.77. The van der Waals surface area contributed by atoms with Gasteiger partial charge in [-0.1, -0.05) is 19.8 Å². The standard InChI is InChI=1S/C11H19N3/c1-3-10(8-9-4-5-9)13-11-12-6-7-14(11)2/h6-7,9-10H,3-5,8H2,1-2H3,(H,12,13). The number of hydrogen-bond donors (Lipinski definition) is 1. The van der Waals surface area contributed by atoms with Crippen LogP contribution in [0.3, 0.4) is 0 Å². The molecule has 1 aromatic heterocycles. The Hall–Kier alpha value is -0.990. The van der Waals surface area contributed by atoms with Crippen molar-refractivity contribution in [2.75, 3.05) is 5.32 Å².